The number of hydrogen-bond acceptors (Lipinski definition) is 1. The van der Waals surface area contributed by atoms with Gasteiger partial charge in [-0.3, -0.25) is 0 Å². The van der Waals surface area contributed by atoms with Crippen LogP contribution < -0.4 is 0 Å². The minimum atomic E-state index is 0. The normalized spacial score (nSPS) is 6.17. The van der Waals surface area contributed by atoms with E-state index in [4.69, 9.17) is 0 Å². The third-order valence-electron chi connectivity index (χ3n) is 0.285. The van der Waals surface area contributed by atoms with Gasteiger partial charge in [0.15, 0.2) is 0 Å². The van der Waals surface area contributed by atoms with Crippen LogP contribution in [0.4, 0.5) is 0 Å². The molecule has 0 amide bonds. The first-order valence-corrected chi connectivity index (χ1v) is 1.51. The molecule has 0 aliphatic heterocycles. The summed E-state index contributed by atoms with van der Waals surface area (Å²) in [6.45, 7) is 4.08. The van der Waals surface area contributed by atoms with Gasteiger partial charge in [0, 0.05) is 7.11 Å². The summed E-state index contributed by atoms with van der Waals surface area (Å²) >= 11 is 0. The Kier molecular flexibility index (Phi) is 16.5. The molecule has 0 spiro atoms. The number of methoxy groups -OCH3 is 1. The van der Waals surface area contributed by atoms with Crippen LogP contribution in [-0.2, 0) is 4.74 Å². The zero-order chi connectivity index (χ0) is 4.12. The van der Waals surface area contributed by atoms with E-state index in [1.54, 1.807) is 13.2 Å². The Labute approximate surface area is 81.2 Å². The van der Waals surface area contributed by atoms with Gasteiger partial charge < -0.3 is 4.74 Å². The van der Waals surface area contributed by atoms with Crippen LogP contribution in [-0.4, -0.2) is 65.1 Å². The molecule has 1 nitrogen and oxygen atoms in total. The van der Waals surface area contributed by atoms with Crippen LogP contribution in [0.2, 0.25) is 0 Å². The van der Waals surface area contributed by atoms with E-state index in [9.17, 15) is 0 Å². The van der Waals surface area contributed by atoms with Gasteiger partial charge in [-0.2, -0.15) is 0 Å². The number of ether oxygens (including phenoxy) is 1. The Hall–Kier alpha value is 1.34. The molecule has 32 valence electrons. The van der Waals surface area contributed by atoms with Gasteiger partial charge in [0.1, 0.15) is 0 Å². The molecule has 6 heavy (non-hydrogen) atoms. The first-order chi connectivity index (χ1) is 2.41. The van der Waals surface area contributed by atoms with Crippen LogP contribution in [0.15, 0.2) is 12.7 Å². The molecule has 0 radical (unpaired) electrons. The molecule has 0 saturated heterocycles. The van der Waals surface area contributed by atoms with Crippen molar-refractivity contribution in [3.63, 3.8) is 0 Å². The van der Waals surface area contributed by atoms with Crippen molar-refractivity contribution in [3.05, 3.63) is 12.7 Å². The van der Waals surface area contributed by atoms with Gasteiger partial charge in [-0.05, 0) is 0 Å². The van der Waals surface area contributed by atoms with Gasteiger partial charge in [-0.25, -0.2) is 0 Å². The van der Waals surface area contributed by atoms with Gasteiger partial charge in [-0.1, -0.05) is 6.08 Å². The van der Waals surface area contributed by atoms with Crippen LogP contribution >= 0.6 is 0 Å². The fraction of sp³-hybridized carbons (Fsp3) is 0.500. The van der Waals surface area contributed by atoms with Gasteiger partial charge in [0.2, 0.25) is 0 Å². The molecule has 0 unspecified atom stereocenters. The molecule has 0 saturated carbocycles. The Balaban J connectivity index is 0. The Morgan fingerprint density at radius 1 is 1.83 bits per heavy atom. The topological polar surface area (TPSA) is 9.23 Å². The monoisotopic (exact) mass is 112 g/mol. The molecule has 0 bridgehead atoms. The summed E-state index contributed by atoms with van der Waals surface area (Å²) in [5.74, 6) is 0. The number of hydrogen-bond donors (Lipinski definition) is 0. The summed E-state index contributed by atoms with van der Waals surface area (Å²) < 4.78 is 4.57. The molecule has 0 fully saturated rings. The molecule has 0 aliphatic rings. The van der Waals surface area contributed by atoms with Gasteiger partial charge in [-0.15, -0.1) is 6.58 Å². The standard InChI is InChI=1S/C4H8O.K.H/c1-3-4-5-2;;/h3H,1,4H2,2H3;;. The molecule has 0 atom stereocenters. The summed E-state index contributed by atoms with van der Waals surface area (Å²) in [5.41, 5.74) is 0. The first-order valence-electron chi connectivity index (χ1n) is 1.51. The second-order valence-corrected chi connectivity index (χ2v) is 0.744. The van der Waals surface area contributed by atoms with Crippen molar-refractivity contribution in [2.24, 2.45) is 0 Å². The average molecular weight is 112 g/mol. The van der Waals surface area contributed by atoms with E-state index in [0.717, 1.165) is 0 Å². The van der Waals surface area contributed by atoms with Crippen molar-refractivity contribution >= 4 is 51.4 Å². The Morgan fingerprint density at radius 2 is 2.33 bits per heavy atom. The van der Waals surface area contributed by atoms with Crippen molar-refractivity contribution in [2.45, 2.75) is 0 Å². The van der Waals surface area contributed by atoms with Crippen LogP contribution in [0.3, 0.4) is 0 Å². The summed E-state index contributed by atoms with van der Waals surface area (Å²) in [6, 6.07) is 0. The summed E-state index contributed by atoms with van der Waals surface area (Å²) in [4.78, 5) is 0. The second-order valence-electron chi connectivity index (χ2n) is 0.744. The molecular formula is C4H9KO. The quantitative estimate of drug-likeness (QED) is 0.365. The van der Waals surface area contributed by atoms with E-state index in [2.05, 4.69) is 11.3 Å². The molecular weight excluding hydrogens is 103 g/mol. The predicted octanol–water partition coefficient (Wildman–Crippen LogP) is 0.170. The van der Waals surface area contributed by atoms with Crippen LogP contribution in [0, 0.1) is 0 Å². The van der Waals surface area contributed by atoms with Crippen LogP contribution in [0.5, 0.6) is 0 Å². The van der Waals surface area contributed by atoms with Gasteiger partial charge in [0.25, 0.3) is 0 Å². The Bertz CT molecular complexity index is 28.7. The zero-order valence-electron chi connectivity index (χ0n) is 3.40. The maximum absolute atomic E-state index is 4.57. The molecule has 0 aliphatic carbocycles. The van der Waals surface area contributed by atoms with Crippen molar-refractivity contribution in [1.82, 2.24) is 0 Å². The van der Waals surface area contributed by atoms with E-state index < -0.39 is 0 Å². The second kappa shape index (κ2) is 9.60. The summed E-state index contributed by atoms with van der Waals surface area (Å²) in [5, 5.41) is 0. The SMILES string of the molecule is C=CCOC.[KH]. The molecule has 0 N–H and O–H groups in total. The molecule has 0 aromatic rings. The third-order valence-corrected chi connectivity index (χ3v) is 0.285. The van der Waals surface area contributed by atoms with Crippen LogP contribution in [0.1, 0.15) is 0 Å². The summed E-state index contributed by atoms with van der Waals surface area (Å²) in [6.07, 6.45) is 1.71. The fourth-order valence-corrected chi connectivity index (χ4v) is 0.118. The molecule has 2 heteroatoms. The van der Waals surface area contributed by atoms with Crippen molar-refractivity contribution in [1.29, 1.82) is 0 Å². The first kappa shape index (κ1) is 10.3. The molecule has 0 aromatic carbocycles. The average Bonchev–Trinajstić information content (AvgIpc) is 1.41. The van der Waals surface area contributed by atoms with E-state index >= 15 is 0 Å². The summed E-state index contributed by atoms with van der Waals surface area (Å²) in [7, 11) is 1.64. The number of rotatable bonds is 2. The van der Waals surface area contributed by atoms with Gasteiger partial charge in [0.05, 0.1) is 6.61 Å². The van der Waals surface area contributed by atoms with E-state index in [-0.39, 0.29) is 51.4 Å². The minimum absolute atomic E-state index is 0. The molecule has 0 heterocycles. The molecule has 0 aromatic heterocycles. The van der Waals surface area contributed by atoms with Crippen molar-refractivity contribution in [2.75, 3.05) is 13.7 Å². The van der Waals surface area contributed by atoms with E-state index in [0.29, 0.717) is 6.61 Å². The fourth-order valence-electron chi connectivity index (χ4n) is 0.118. The van der Waals surface area contributed by atoms with Crippen LogP contribution in [0.25, 0.3) is 0 Å². The maximum atomic E-state index is 4.57. The third kappa shape index (κ3) is 9.01. The molecule has 0 rings (SSSR count). The van der Waals surface area contributed by atoms with E-state index in [1.165, 1.54) is 0 Å². The van der Waals surface area contributed by atoms with Gasteiger partial charge >= 0.3 is 51.4 Å². The van der Waals surface area contributed by atoms with E-state index in [1.807, 2.05) is 0 Å². The van der Waals surface area contributed by atoms with Crippen molar-refractivity contribution in [3.8, 4) is 0 Å². The Morgan fingerprint density at radius 3 is 2.33 bits per heavy atom. The van der Waals surface area contributed by atoms with Crippen molar-refractivity contribution < 1.29 is 4.74 Å². The predicted molar refractivity (Wildman–Crippen MR) is 29.2 cm³/mol. The zero-order valence-corrected chi connectivity index (χ0v) is 3.40.